The summed E-state index contributed by atoms with van der Waals surface area (Å²) in [4.78, 5) is 14.5. The van der Waals surface area contributed by atoms with Crippen LogP contribution in [0.1, 0.15) is 30.1 Å². The molecular formula is C14H17Cl2NO. The molecule has 0 saturated heterocycles. The number of Topliss-reactive ketones (excluding diaryl/α,β-unsaturated/α-hetero) is 1. The minimum Gasteiger partial charge on any atom is -0.296 e. The lowest BCUT2D eigenvalue weighted by Crippen LogP contribution is -2.37. The smallest absolute Gasteiger partial charge is 0.181 e. The van der Waals surface area contributed by atoms with Crippen LogP contribution in [0.2, 0.25) is 10.0 Å². The van der Waals surface area contributed by atoms with Crippen molar-refractivity contribution in [1.29, 1.82) is 0 Å². The Morgan fingerprint density at radius 3 is 2.67 bits per heavy atom. The van der Waals surface area contributed by atoms with Gasteiger partial charge in [-0.05, 0) is 50.9 Å². The molecule has 1 unspecified atom stereocenters. The largest absolute Gasteiger partial charge is 0.296 e. The highest BCUT2D eigenvalue weighted by atomic mass is 35.5. The Hall–Kier alpha value is -0.570. The minimum atomic E-state index is -0.149. The van der Waals surface area contributed by atoms with Gasteiger partial charge >= 0.3 is 0 Å². The number of hydrogen-bond acceptors (Lipinski definition) is 2. The maximum absolute atomic E-state index is 12.4. The van der Waals surface area contributed by atoms with Gasteiger partial charge in [-0.2, -0.15) is 0 Å². The minimum absolute atomic E-state index is 0.0554. The van der Waals surface area contributed by atoms with Crippen LogP contribution in [-0.2, 0) is 0 Å². The second-order valence-electron chi connectivity index (χ2n) is 5.05. The lowest BCUT2D eigenvalue weighted by molar-refractivity contribution is 0.0864. The molecule has 1 aromatic carbocycles. The fraction of sp³-hybridized carbons (Fsp3) is 0.500. The van der Waals surface area contributed by atoms with Crippen molar-refractivity contribution in [2.24, 2.45) is 5.92 Å². The highest BCUT2D eigenvalue weighted by molar-refractivity contribution is 6.37. The Balaban J connectivity index is 2.08. The number of rotatable bonds is 5. The molecule has 0 N–H and O–H groups in total. The van der Waals surface area contributed by atoms with Crippen molar-refractivity contribution in [2.75, 3.05) is 13.6 Å². The molecule has 1 saturated carbocycles. The summed E-state index contributed by atoms with van der Waals surface area (Å²) in [5, 5.41) is 0.981. The average molecular weight is 286 g/mol. The lowest BCUT2D eigenvalue weighted by Gasteiger charge is -2.23. The Kier molecular flexibility index (Phi) is 4.31. The highest BCUT2D eigenvalue weighted by Crippen LogP contribution is 2.30. The van der Waals surface area contributed by atoms with E-state index in [0.717, 1.165) is 12.5 Å². The van der Waals surface area contributed by atoms with Gasteiger partial charge in [-0.3, -0.25) is 9.69 Å². The first-order valence-corrected chi connectivity index (χ1v) is 6.94. The summed E-state index contributed by atoms with van der Waals surface area (Å²) in [6.45, 7) is 2.91. The topological polar surface area (TPSA) is 20.3 Å². The third-order valence-electron chi connectivity index (χ3n) is 3.48. The van der Waals surface area contributed by atoms with E-state index < -0.39 is 0 Å². The van der Waals surface area contributed by atoms with Gasteiger partial charge in [-0.1, -0.05) is 23.2 Å². The van der Waals surface area contributed by atoms with Crippen molar-refractivity contribution < 1.29 is 4.79 Å². The molecular weight excluding hydrogens is 269 g/mol. The van der Waals surface area contributed by atoms with Crippen LogP contribution in [0.3, 0.4) is 0 Å². The van der Waals surface area contributed by atoms with Crippen molar-refractivity contribution in [3.8, 4) is 0 Å². The Bertz CT molecular complexity index is 457. The van der Waals surface area contributed by atoms with Crippen molar-refractivity contribution >= 4 is 29.0 Å². The van der Waals surface area contributed by atoms with Crippen LogP contribution in [0.5, 0.6) is 0 Å². The van der Waals surface area contributed by atoms with Gasteiger partial charge in [0.2, 0.25) is 0 Å². The Labute approximate surface area is 118 Å². The molecule has 18 heavy (non-hydrogen) atoms. The van der Waals surface area contributed by atoms with Gasteiger partial charge in [0.25, 0.3) is 0 Å². The highest BCUT2D eigenvalue weighted by Gasteiger charge is 2.28. The van der Waals surface area contributed by atoms with E-state index in [0.29, 0.717) is 15.6 Å². The second-order valence-corrected chi connectivity index (χ2v) is 5.89. The standard InChI is InChI=1S/C14H17Cl2NO/c1-9(17(2)8-10-3-4-10)14(18)12-6-5-11(15)7-13(12)16/h5-7,9-10H,3-4,8H2,1-2H3. The fourth-order valence-corrected chi connectivity index (χ4v) is 2.48. The van der Waals surface area contributed by atoms with Gasteiger partial charge in [0.05, 0.1) is 11.1 Å². The van der Waals surface area contributed by atoms with E-state index in [1.165, 1.54) is 12.8 Å². The quantitative estimate of drug-likeness (QED) is 0.765. The van der Waals surface area contributed by atoms with Crippen molar-refractivity contribution in [2.45, 2.75) is 25.8 Å². The number of carbonyl (C=O) groups is 1. The van der Waals surface area contributed by atoms with Crippen molar-refractivity contribution in [3.05, 3.63) is 33.8 Å². The monoisotopic (exact) mass is 285 g/mol. The van der Waals surface area contributed by atoms with E-state index in [9.17, 15) is 4.79 Å². The summed E-state index contributed by atoms with van der Waals surface area (Å²) in [5.41, 5.74) is 0.552. The summed E-state index contributed by atoms with van der Waals surface area (Å²) < 4.78 is 0. The molecule has 0 aromatic heterocycles. The first-order chi connectivity index (χ1) is 8.49. The van der Waals surface area contributed by atoms with E-state index in [1.54, 1.807) is 18.2 Å². The normalized spacial score (nSPS) is 16.9. The van der Waals surface area contributed by atoms with Crippen LogP contribution in [0, 0.1) is 5.92 Å². The fourth-order valence-electron chi connectivity index (χ4n) is 1.98. The molecule has 2 rings (SSSR count). The zero-order chi connectivity index (χ0) is 13.3. The van der Waals surface area contributed by atoms with Crippen LogP contribution < -0.4 is 0 Å². The van der Waals surface area contributed by atoms with Crippen LogP contribution in [0.25, 0.3) is 0 Å². The molecule has 1 aromatic rings. The van der Waals surface area contributed by atoms with E-state index in [4.69, 9.17) is 23.2 Å². The Morgan fingerprint density at radius 2 is 2.11 bits per heavy atom. The number of benzene rings is 1. The summed E-state index contributed by atoms with van der Waals surface area (Å²) in [5.74, 6) is 0.825. The number of likely N-dealkylation sites (N-methyl/N-ethyl adjacent to an activating group) is 1. The maximum atomic E-state index is 12.4. The number of nitrogens with zero attached hydrogens (tertiary/aromatic N) is 1. The first-order valence-electron chi connectivity index (χ1n) is 6.18. The predicted octanol–water partition coefficient (Wildman–Crippen LogP) is 3.91. The van der Waals surface area contributed by atoms with E-state index >= 15 is 0 Å². The van der Waals surface area contributed by atoms with E-state index in [1.807, 2.05) is 14.0 Å². The molecule has 0 aliphatic heterocycles. The number of halogens is 2. The molecule has 1 fully saturated rings. The Morgan fingerprint density at radius 1 is 1.44 bits per heavy atom. The first kappa shape index (κ1) is 13.9. The van der Waals surface area contributed by atoms with E-state index in [-0.39, 0.29) is 11.8 Å². The number of carbonyl (C=O) groups excluding carboxylic acids is 1. The van der Waals surface area contributed by atoms with Gasteiger partial charge in [-0.15, -0.1) is 0 Å². The molecule has 98 valence electrons. The molecule has 1 atom stereocenters. The summed E-state index contributed by atoms with van der Waals surface area (Å²) >= 11 is 11.9. The summed E-state index contributed by atoms with van der Waals surface area (Å²) in [7, 11) is 1.99. The van der Waals surface area contributed by atoms with Gasteiger partial charge in [0.15, 0.2) is 5.78 Å². The molecule has 0 amide bonds. The predicted molar refractivity (Wildman–Crippen MR) is 75.6 cm³/mol. The van der Waals surface area contributed by atoms with Crippen LogP contribution >= 0.6 is 23.2 Å². The number of ketones is 1. The molecule has 1 aliphatic carbocycles. The average Bonchev–Trinajstić information content (AvgIpc) is 3.11. The maximum Gasteiger partial charge on any atom is 0.181 e. The van der Waals surface area contributed by atoms with Crippen molar-refractivity contribution in [3.63, 3.8) is 0 Å². The van der Waals surface area contributed by atoms with Crippen LogP contribution in [0.15, 0.2) is 18.2 Å². The number of hydrogen-bond donors (Lipinski definition) is 0. The van der Waals surface area contributed by atoms with Crippen LogP contribution in [-0.4, -0.2) is 30.3 Å². The third-order valence-corrected chi connectivity index (χ3v) is 4.03. The molecule has 0 heterocycles. The van der Waals surface area contributed by atoms with E-state index in [2.05, 4.69) is 4.90 Å². The van der Waals surface area contributed by atoms with Crippen LogP contribution in [0.4, 0.5) is 0 Å². The summed E-state index contributed by atoms with van der Waals surface area (Å²) in [6.07, 6.45) is 2.57. The molecule has 0 bridgehead atoms. The second kappa shape index (κ2) is 5.60. The van der Waals surface area contributed by atoms with Gasteiger partial charge in [0.1, 0.15) is 0 Å². The zero-order valence-electron chi connectivity index (χ0n) is 10.6. The van der Waals surface area contributed by atoms with Gasteiger partial charge < -0.3 is 0 Å². The lowest BCUT2D eigenvalue weighted by atomic mass is 10.0. The molecule has 0 spiro atoms. The molecule has 2 nitrogen and oxygen atoms in total. The third kappa shape index (κ3) is 3.25. The molecule has 0 radical (unpaired) electrons. The zero-order valence-corrected chi connectivity index (χ0v) is 12.1. The van der Waals surface area contributed by atoms with Crippen molar-refractivity contribution in [1.82, 2.24) is 4.90 Å². The van der Waals surface area contributed by atoms with Gasteiger partial charge in [0, 0.05) is 17.1 Å². The molecule has 1 aliphatic rings. The SMILES string of the molecule is CC(C(=O)c1ccc(Cl)cc1Cl)N(C)CC1CC1. The summed E-state index contributed by atoms with van der Waals surface area (Å²) in [6, 6.07) is 4.87. The van der Waals surface area contributed by atoms with Gasteiger partial charge in [-0.25, -0.2) is 0 Å². The molecule has 4 heteroatoms.